The van der Waals surface area contributed by atoms with Crippen molar-refractivity contribution in [2.24, 2.45) is 5.92 Å². The fourth-order valence-corrected chi connectivity index (χ4v) is 3.59. The number of Topliss-reactive ketones (excluding diaryl/α,β-unsaturated/α-hetero) is 1. The van der Waals surface area contributed by atoms with Crippen LogP contribution >= 0.6 is 23.2 Å². The molecule has 8 nitrogen and oxygen atoms in total. The molecule has 0 N–H and O–H groups in total. The van der Waals surface area contributed by atoms with Crippen molar-refractivity contribution in [3.8, 4) is 0 Å². The van der Waals surface area contributed by atoms with Gasteiger partial charge in [-0.15, -0.1) is 11.6 Å². The van der Waals surface area contributed by atoms with Crippen LogP contribution < -0.4 is 4.90 Å². The van der Waals surface area contributed by atoms with E-state index in [-0.39, 0.29) is 36.9 Å². The normalized spacial score (nSPS) is 16.8. The molecule has 0 aliphatic carbocycles. The molecule has 1 aliphatic heterocycles. The Morgan fingerprint density at radius 3 is 2.58 bits per heavy atom. The monoisotopic (exact) mass is 464 g/mol. The summed E-state index contributed by atoms with van der Waals surface area (Å²) in [5.41, 5.74) is 0.490. The molecule has 1 heterocycles. The van der Waals surface area contributed by atoms with Gasteiger partial charge in [-0.1, -0.05) is 17.7 Å². The second-order valence-corrected chi connectivity index (χ2v) is 7.77. The summed E-state index contributed by atoms with van der Waals surface area (Å²) in [7, 11) is 0. The van der Waals surface area contributed by atoms with Crippen LogP contribution in [0, 0.1) is 16.0 Å². The maximum absolute atomic E-state index is 12.7. The summed E-state index contributed by atoms with van der Waals surface area (Å²) in [4.78, 5) is 49.6. The highest BCUT2D eigenvalue weighted by Gasteiger charge is 2.38. The van der Waals surface area contributed by atoms with Crippen molar-refractivity contribution in [3.05, 3.63) is 69.2 Å². The van der Waals surface area contributed by atoms with Crippen LogP contribution in [-0.2, 0) is 14.3 Å². The van der Waals surface area contributed by atoms with Gasteiger partial charge in [0.25, 0.3) is 5.69 Å². The van der Waals surface area contributed by atoms with Gasteiger partial charge < -0.3 is 9.64 Å². The van der Waals surface area contributed by atoms with Crippen LogP contribution in [0.15, 0.2) is 48.5 Å². The number of halogens is 2. The van der Waals surface area contributed by atoms with E-state index in [1.807, 2.05) is 0 Å². The first-order valence-corrected chi connectivity index (χ1v) is 10.3. The van der Waals surface area contributed by atoms with Crippen molar-refractivity contribution in [2.45, 2.75) is 18.9 Å². The van der Waals surface area contributed by atoms with Gasteiger partial charge in [0, 0.05) is 48.0 Å². The minimum Gasteiger partial charge on any atom is -0.454 e. The molecule has 1 saturated heterocycles. The fourth-order valence-electron chi connectivity index (χ4n) is 3.27. The first-order valence-electron chi connectivity index (χ1n) is 9.41. The zero-order valence-electron chi connectivity index (χ0n) is 16.2. The highest BCUT2D eigenvalue weighted by atomic mass is 35.5. The summed E-state index contributed by atoms with van der Waals surface area (Å²) in [6.07, 6.45) is -1.10. The Bertz CT molecular complexity index is 1010. The summed E-state index contributed by atoms with van der Waals surface area (Å²) in [5.74, 6) is -2.17. The van der Waals surface area contributed by atoms with E-state index in [1.165, 1.54) is 35.2 Å². The lowest BCUT2D eigenvalue weighted by atomic mass is 10.0. The van der Waals surface area contributed by atoms with Gasteiger partial charge in [-0.05, 0) is 30.3 Å². The lowest BCUT2D eigenvalue weighted by Gasteiger charge is -2.19. The highest BCUT2D eigenvalue weighted by Crippen LogP contribution is 2.29. The zero-order valence-corrected chi connectivity index (χ0v) is 17.7. The molecule has 2 atom stereocenters. The molecule has 1 fully saturated rings. The van der Waals surface area contributed by atoms with Crippen LogP contribution in [0.5, 0.6) is 0 Å². The molecule has 0 bridgehead atoms. The molecule has 3 rings (SSSR count). The molecule has 0 aromatic heterocycles. The van der Waals surface area contributed by atoms with Crippen LogP contribution in [-0.4, -0.2) is 41.1 Å². The molecular weight excluding hydrogens is 447 g/mol. The van der Waals surface area contributed by atoms with E-state index < -0.39 is 28.7 Å². The van der Waals surface area contributed by atoms with Crippen LogP contribution in [0.3, 0.4) is 0 Å². The Morgan fingerprint density at radius 2 is 1.94 bits per heavy atom. The van der Waals surface area contributed by atoms with Gasteiger partial charge in [0.2, 0.25) is 11.7 Å². The molecule has 1 amide bonds. The quantitative estimate of drug-likeness (QED) is 0.192. The summed E-state index contributed by atoms with van der Waals surface area (Å²) >= 11 is 11.6. The third-order valence-electron chi connectivity index (χ3n) is 4.86. The summed E-state index contributed by atoms with van der Waals surface area (Å²) in [5, 5.41) is 11.4. The predicted molar refractivity (Wildman–Crippen MR) is 115 cm³/mol. The Balaban J connectivity index is 1.71. The van der Waals surface area contributed by atoms with Crippen molar-refractivity contribution < 1.29 is 24.0 Å². The Hall–Kier alpha value is -2.97. The average Bonchev–Trinajstić information content (AvgIpc) is 3.15. The molecule has 0 spiro atoms. The van der Waals surface area contributed by atoms with Gasteiger partial charge in [-0.2, -0.15) is 0 Å². The maximum Gasteiger partial charge on any atom is 0.312 e. The maximum atomic E-state index is 12.7. The second kappa shape index (κ2) is 9.89. The van der Waals surface area contributed by atoms with Crippen molar-refractivity contribution in [1.82, 2.24) is 0 Å². The number of non-ortho nitro benzene ring substituents is 1. The summed E-state index contributed by atoms with van der Waals surface area (Å²) in [6.45, 7) is 0.00155. The number of amides is 1. The number of alkyl halides is 1. The van der Waals surface area contributed by atoms with Gasteiger partial charge in [-0.25, -0.2) is 0 Å². The van der Waals surface area contributed by atoms with Crippen molar-refractivity contribution >= 4 is 52.2 Å². The molecule has 0 radical (unpaired) electrons. The standard InChI is InChI=1S/C21H18Cl2N2O6/c22-9-8-18(20(27)13-4-6-15(23)7-5-13)31-21(28)14-10-19(26)24(12-14)16-2-1-3-17(11-16)25(29)30/h1-7,11,14,18H,8-10,12H2/t14-,18-/m1/s1. The van der Waals surface area contributed by atoms with Gasteiger partial charge in [0.1, 0.15) is 0 Å². The average molecular weight is 465 g/mol. The SMILES string of the molecule is O=C(O[C@H](CCCl)C(=O)c1ccc(Cl)cc1)[C@@H]1CC(=O)N(c2cccc([N+](=O)[O-])c2)C1. The first kappa shape index (κ1) is 22.7. The minimum atomic E-state index is -1.09. The number of carbonyl (C=O) groups is 3. The van der Waals surface area contributed by atoms with Crippen LogP contribution in [0.4, 0.5) is 11.4 Å². The van der Waals surface area contributed by atoms with Gasteiger partial charge >= 0.3 is 5.97 Å². The van der Waals surface area contributed by atoms with Crippen molar-refractivity contribution in [2.75, 3.05) is 17.3 Å². The summed E-state index contributed by atoms with van der Waals surface area (Å²) < 4.78 is 5.42. The number of ether oxygens (including phenoxy) is 1. The van der Waals surface area contributed by atoms with E-state index in [2.05, 4.69) is 0 Å². The number of ketones is 1. The number of hydrogen-bond donors (Lipinski definition) is 0. The highest BCUT2D eigenvalue weighted by molar-refractivity contribution is 6.30. The van der Waals surface area contributed by atoms with Gasteiger partial charge in [-0.3, -0.25) is 24.5 Å². The molecule has 2 aromatic carbocycles. The molecule has 2 aromatic rings. The number of nitro benzene ring substituents is 1. The third kappa shape index (κ3) is 5.39. The number of anilines is 1. The smallest absolute Gasteiger partial charge is 0.312 e. The van der Waals surface area contributed by atoms with E-state index in [4.69, 9.17) is 27.9 Å². The molecule has 0 unspecified atom stereocenters. The van der Waals surface area contributed by atoms with Crippen LogP contribution in [0.2, 0.25) is 5.02 Å². The first-order chi connectivity index (χ1) is 14.8. The number of nitro groups is 1. The number of esters is 1. The number of hydrogen-bond acceptors (Lipinski definition) is 6. The minimum absolute atomic E-state index is 0.00155. The van der Waals surface area contributed by atoms with Crippen molar-refractivity contribution in [1.29, 1.82) is 0 Å². The van der Waals surface area contributed by atoms with Crippen LogP contribution in [0.1, 0.15) is 23.2 Å². The molecule has 10 heteroatoms. The summed E-state index contributed by atoms with van der Waals surface area (Å²) in [6, 6.07) is 11.8. The number of carbonyl (C=O) groups excluding carboxylic acids is 3. The number of rotatable bonds is 8. The second-order valence-electron chi connectivity index (χ2n) is 6.96. The van der Waals surface area contributed by atoms with E-state index >= 15 is 0 Å². The number of benzene rings is 2. The van der Waals surface area contributed by atoms with E-state index in [0.29, 0.717) is 16.3 Å². The Kier molecular flexibility index (Phi) is 7.25. The van der Waals surface area contributed by atoms with Gasteiger partial charge in [0.05, 0.1) is 16.5 Å². The lowest BCUT2D eigenvalue weighted by molar-refractivity contribution is -0.384. The van der Waals surface area contributed by atoms with E-state index in [1.54, 1.807) is 18.2 Å². The zero-order chi connectivity index (χ0) is 22.5. The van der Waals surface area contributed by atoms with E-state index in [0.717, 1.165) is 0 Å². The molecule has 162 valence electrons. The molecule has 31 heavy (non-hydrogen) atoms. The van der Waals surface area contributed by atoms with E-state index in [9.17, 15) is 24.5 Å². The molecular formula is C21H18Cl2N2O6. The molecule has 0 saturated carbocycles. The fraction of sp³-hybridized carbons (Fsp3) is 0.286. The van der Waals surface area contributed by atoms with Crippen molar-refractivity contribution in [3.63, 3.8) is 0 Å². The number of nitrogens with zero attached hydrogens (tertiary/aromatic N) is 2. The Labute approximate surface area is 187 Å². The Morgan fingerprint density at radius 1 is 1.23 bits per heavy atom. The molecule has 1 aliphatic rings. The topological polar surface area (TPSA) is 107 Å². The predicted octanol–water partition coefficient (Wildman–Crippen LogP) is 4.02. The van der Waals surface area contributed by atoms with Crippen LogP contribution in [0.25, 0.3) is 0 Å². The third-order valence-corrected chi connectivity index (χ3v) is 5.33. The lowest BCUT2D eigenvalue weighted by Crippen LogP contribution is -2.32. The largest absolute Gasteiger partial charge is 0.454 e. The van der Waals surface area contributed by atoms with Gasteiger partial charge in [0.15, 0.2) is 6.10 Å².